The molecule has 0 bridgehead atoms. The van der Waals surface area contributed by atoms with E-state index in [1.54, 1.807) is 12.1 Å². The predicted molar refractivity (Wildman–Crippen MR) is 80.8 cm³/mol. The molecule has 0 aliphatic heterocycles. The van der Waals surface area contributed by atoms with E-state index in [0.29, 0.717) is 12.1 Å². The smallest absolute Gasteiger partial charge is 0.387 e. The lowest BCUT2D eigenvalue weighted by atomic mass is 9.80. The number of alkyl halides is 2. The van der Waals surface area contributed by atoms with E-state index in [1.165, 1.54) is 19.3 Å². The van der Waals surface area contributed by atoms with Gasteiger partial charge in [-0.15, -0.1) is 0 Å². The van der Waals surface area contributed by atoms with Crippen molar-refractivity contribution in [2.45, 2.75) is 64.6 Å². The zero-order valence-electron chi connectivity index (χ0n) is 12.8. The fourth-order valence-corrected chi connectivity index (χ4v) is 2.83. The lowest BCUT2D eigenvalue weighted by Crippen LogP contribution is -2.42. The van der Waals surface area contributed by atoms with Crippen LogP contribution in [0.4, 0.5) is 8.78 Å². The number of nitrogens with one attached hydrogen (secondary N) is 1. The lowest BCUT2D eigenvalue weighted by Gasteiger charge is -2.34. The number of hydrogen-bond acceptors (Lipinski definition) is 2. The van der Waals surface area contributed by atoms with Gasteiger partial charge in [-0.3, -0.25) is 0 Å². The molecular weight excluding hydrogens is 272 g/mol. The Labute approximate surface area is 125 Å². The van der Waals surface area contributed by atoms with Gasteiger partial charge in [0.2, 0.25) is 0 Å². The quantitative estimate of drug-likeness (QED) is 0.768. The van der Waals surface area contributed by atoms with Crippen LogP contribution in [0.2, 0.25) is 0 Å². The van der Waals surface area contributed by atoms with Gasteiger partial charge in [0.15, 0.2) is 0 Å². The topological polar surface area (TPSA) is 21.3 Å². The summed E-state index contributed by atoms with van der Waals surface area (Å²) in [7, 11) is 0. The lowest BCUT2D eigenvalue weighted by molar-refractivity contribution is -0.0498. The van der Waals surface area contributed by atoms with Crippen molar-refractivity contribution in [3.8, 4) is 5.75 Å². The van der Waals surface area contributed by atoms with Crippen LogP contribution in [0, 0.1) is 5.92 Å². The standard InChI is InChI=1S/C17H25F2NO/c1-12(20-13(2)15-4-3-5-15)6-7-14-8-10-16(11-9-14)21-17(18)19/h8-13,15,17,20H,3-7H2,1-2H3. The molecule has 1 saturated carbocycles. The molecule has 2 nitrogen and oxygen atoms in total. The summed E-state index contributed by atoms with van der Waals surface area (Å²) in [5.41, 5.74) is 1.15. The fraction of sp³-hybridized carbons (Fsp3) is 0.647. The molecule has 1 aromatic carbocycles. The average molecular weight is 297 g/mol. The van der Waals surface area contributed by atoms with Gasteiger partial charge < -0.3 is 10.1 Å². The van der Waals surface area contributed by atoms with Gasteiger partial charge in [0.1, 0.15) is 5.75 Å². The van der Waals surface area contributed by atoms with Gasteiger partial charge in [0, 0.05) is 12.1 Å². The summed E-state index contributed by atoms with van der Waals surface area (Å²) >= 11 is 0. The van der Waals surface area contributed by atoms with Crippen molar-refractivity contribution in [1.82, 2.24) is 5.32 Å². The number of rotatable bonds is 8. The van der Waals surface area contributed by atoms with Crippen LogP contribution in [0.5, 0.6) is 5.75 Å². The molecule has 0 saturated heterocycles. The highest BCUT2D eigenvalue weighted by atomic mass is 19.3. The van der Waals surface area contributed by atoms with Crippen LogP contribution < -0.4 is 10.1 Å². The zero-order valence-corrected chi connectivity index (χ0v) is 12.8. The number of benzene rings is 1. The van der Waals surface area contributed by atoms with Crippen molar-refractivity contribution >= 4 is 0 Å². The van der Waals surface area contributed by atoms with Crippen LogP contribution in [0.1, 0.15) is 45.1 Å². The van der Waals surface area contributed by atoms with Crippen LogP contribution in [0.3, 0.4) is 0 Å². The predicted octanol–water partition coefficient (Wildman–Crippen LogP) is 4.39. The summed E-state index contributed by atoms with van der Waals surface area (Å²) in [6.07, 6.45) is 6.07. The van der Waals surface area contributed by atoms with E-state index < -0.39 is 6.61 Å². The Morgan fingerprint density at radius 3 is 2.38 bits per heavy atom. The normalized spacial score (nSPS) is 18.3. The number of ether oxygens (including phenoxy) is 1. The highest BCUT2D eigenvalue weighted by Crippen LogP contribution is 2.29. The molecule has 1 aromatic rings. The first kappa shape index (κ1) is 16.2. The first-order chi connectivity index (χ1) is 10.0. The Balaban J connectivity index is 1.71. The van der Waals surface area contributed by atoms with E-state index in [1.807, 2.05) is 12.1 Å². The van der Waals surface area contributed by atoms with E-state index in [4.69, 9.17) is 0 Å². The first-order valence-electron chi connectivity index (χ1n) is 7.84. The second-order valence-corrected chi connectivity index (χ2v) is 6.11. The van der Waals surface area contributed by atoms with Crippen molar-refractivity contribution in [2.24, 2.45) is 5.92 Å². The van der Waals surface area contributed by atoms with Crippen LogP contribution in [-0.4, -0.2) is 18.7 Å². The molecule has 0 heterocycles. The Bertz CT molecular complexity index is 417. The maximum Gasteiger partial charge on any atom is 0.387 e. The fourth-order valence-electron chi connectivity index (χ4n) is 2.83. The largest absolute Gasteiger partial charge is 0.435 e. The third-order valence-corrected chi connectivity index (χ3v) is 4.42. The monoisotopic (exact) mass is 297 g/mol. The Morgan fingerprint density at radius 1 is 1.19 bits per heavy atom. The summed E-state index contributed by atoms with van der Waals surface area (Å²) in [4.78, 5) is 0. The third-order valence-electron chi connectivity index (χ3n) is 4.42. The first-order valence-corrected chi connectivity index (χ1v) is 7.84. The van der Waals surface area contributed by atoms with Crippen LogP contribution >= 0.6 is 0 Å². The second-order valence-electron chi connectivity index (χ2n) is 6.11. The molecule has 21 heavy (non-hydrogen) atoms. The number of hydrogen-bond donors (Lipinski definition) is 1. The van der Waals surface area contributed by atoms with Crippen LogP contribution in [0.15, 0.2) is 24.3 Å². The minimum Gasteiger partial charge on any atom is -0.435 e. The van der Waals surface area contributed by atoms with E-state index >= 15 is 0 Å². The van der Waals surface area contributed by atoms with Gasteiger partial charge in [-0.05, 0) is 63.1 Å². The van der Waals surface area contributed by atoms with Crippen molar-refractivity contribution < 1.29 is 13.5 Å². The van der Waals surface area contributed by atoms with Crippen LogP contribution in [-0.2, 0) is 6.42 Å². The van der Waals surface area contributed by atoms with Crippen molar-refractivity contribution in [2.75, 3.05) is 0 Å². The summed E-state index contributed by atoms with van der Waals surface area (Å²) in [5, 5.41) is 3.67. The molecule has 0 aromatic heterocycles. The maximum atomic E-state index is 12.1. The van der Waals surface area contributed by atoms with Crippen LogP contribution in [0.25, 0.3) is 0 Å². The highest BCUT2D eigenvalue weighted by molar-refractivity contribution is 5.27. The van der Waals surface area contributed by atoms with Crippen molar-refractivity contribution in [3.05, 3.63) is 29.8 Å². The van der Waals surface area contributed by atoms with Gasteiger partial charge in [0.05, 0.1) is 0 Å². The minimum absolute atomic E-state index is 0.221. The number of aryl methyl sites for hydroxylation is 1. The molecule has 0 radical (unpaired) electrons. The van der Waals surface area contributed by atoms with Gasteiger partial charge >= 0.3 is 6.61 Å². The number of halogens is 2. The zero-order chi connectivity index (χ0) is 15.2. The van der Waals surface area contributed by atoms with E-state index in [0.717, 1.165) is 24.3 Å². The molecule has 1 aliphatic rings. The molecule has 1 fully saturated rings. The third kappa shape index (κ3) is 5.27. The van der Waals surface area contributed by atoms with Gasteiger partial charge in [-0.1, -0.05) is 18.6 Å². The molecule has 2 unspecified atom stereocenters. The highest BCUT2D eigenvalue weighted by Gasteiger charge is 2.24. The van der Waals surface area contributed by atoms with Gasteiger partial charge in [-0.2, -0.15) is 8.78 Å². The average Bonchev–Trinajstić information content (AvgIpc) is 2.35. The second kappa shape index (κ2) is 7.74. The molecule has 118 valence electrons. The molecule has 0 amide bonds. The Hall–Kier alpha value is -1.16. The van der Waals surface area contributed by atoms with Gasteiger partial charge in [0.25, 0.3) is 0 Å². The van der Waals surface area contributed by atoms with E-state index in [2.05, 4.69) is 23.9 Å². The Kier molecular flexibility index (Phi) is 5.97. The van der Waals surface area contributed by atoms with E-state index in [-0.39, 0.29) is 5.75 Å². The molecule has 1 N–H and O–H groups in total. The molecule has 2 rings (SSSR count). The minimum atomic E-state index is -2.76. The summed E-state index contributed by atoms with van der Waals surface area (Å²) < 4.78 is 28.5. The summed E-state index contributed by atoms with van der Waals surface area (Å²) in [5.74, 6) is 1.07. The summed E-state index contributed by atoms with van der Waals surface area (Å²) in [6, 6.07) is 8.00. The van der Waals surface area contributed by atoms with Gasteiger partial charge in [-0.25, -0.2) is 0 Å². The SMILES string of the molecule is CC(CCc1ccc(OC(F)F)cc1)NC(C)C1CCC1. The summed E-state index contributed by atoms with van der Waals surface area (Å²) in [6.45, 7) is 1.73. The Morgan fingerprint density at radius 2 is 1.86 bits per heavy atom. The molecular formula is C17H25F2NO. The maximum absolute atomic E-state index is 12.1. The van der Waals surface area contributed by atoms with Crippen molar-refractivity contribution in [1.29, 1.82) is 0 Å². The molecule has 2 atom stereocenters. The molecule has 1 aliphatic carbocycles. The molecule has 0 spiro atoms. The van der Waals surface area contributed by atoms with Crippen molar-refractivity contribution in [3.63, 3.8) is 0 Å². The molecule has 4 heteroatoms. The van der Waals surface area contributed by atoms with E-state index in [9.17, 15) is 8.78 Å².